The summed E-state index contributed by atoms with van der Waals surface area (Å²) in [5.41, 5.74) is 0. The van der Waals surface area contributed by atoms with Crippen LogP contribution in [0.5, 0.6) is 0 Å². The molecular formula is C9H16INS. The van der Waals surface area contributed by atoms with Gasteiger partial charge >= 0.3 is 0 Å². The highest BCUT2D eigenvalue weighted by molar-refractivity contribution is 14.1. The lowest BCUT2D eigenvalue weighted by molar-refractivity contribution is 0.275. The van der Waals surface area contributed by atoms with Gasteiger partial charge in [-0.1, -0.05) is 36.4 Å². The van der Waals surface area contributed by atoms with Gasteiger partial charge in [0, 0.05) is 5.25 Å². The largest absolute Gasteiger partial charge is 0.293 e. The molecule has 0 saturated carbocycles. The van der Waals surface area contributed by atoms with Crippen molar-refractivity contribution in [3.05, 3.63) is 0 Å². The van der Waals surface area contributed by atoms with Crippen molar-refractivity contribution in [3.63, 3.8) is 0 Å². The van der Waals surface area contributed by atoms with Gasteiger partial charge in [-0.2, -0.15) is 0 Å². The van der Waals surface area contributed by atoms with Crippen LogP contribution < -0.4 is 5.32 Å². The molecule has 0 aromatic carbocycles. The van der Waals surface area contributed by atoms with Crippen LogP contribution in [-0.2, 0) is 0 Å². The molecule has 2 fully saturated rings. The highest BCUT2D eigenvalue weighted by Gasteiger charge is 2.39. The minimum absolute atomic E-state index is 0.696. The van der Waals surface area contributed by atoms with E-state index in [1.807, 2.05) is 0 Å². The molecule has 5 atom stereocenters. The molecule has 0 radical (unpaired) electrons. The van der Waals surface area contributed by atoms with Crippen molar-refractivity contribution in [1.82, 2.24) is 5.32 Å². The van der Waals surface area contributed by atoms with E-state index in [1.54, 1.807) is 0 Å². The van der Waals surface area contributed by atoms with Crippen LogP contribution in [0, 0.1) is 11.8 Å². The smallest absolute Gasteiger partial charge is 0.0628 e. The molecule has 5 unspecified atom stereocenters. The first-order valence-electron chi connectivity index (χ1n) is 4.72. The summed E-state index contributed by atoms with van der Waals surface area (Å²) in [4.78, 5) is 0. The number of hydrogen-bond donors (Lipinski definition) is 1. The maximum Gasteiger partial charge on any atom is 0.0628 e. The third kappa shape index (κ3) is 1.77. The van der Waals surface area contributed by atoms with Crippen LogP contribution >= 0.6 is 34.4 Å². The highest BCUT2D eigenvalue weighted by atomic mass is 127. The average Bonchev–Trinajstić information content (AvgIpc) is 2.30. The minimum Gasteiger partial charge on any atom is -0.293 e. The van der Waals surface area contributed by atoms with Crippen molar-refractivity contribution in [3.8, 4) is 0 Å². The molecule has 3 heteroatoms. The van der Waals surface area contributed by atoms with Crippen LogP contribution in [0.1, 0.15) is 26.7 Å². The molecule has 0 aliphatic carbocycles. The van der Waals surface area contributed by atoms with Gasteiger partial charge in [-0.05, 0) is 24.7 Å². The molecular weight excluding hydrogens is 281 g/mol. The summed E-state index contributed by atoms with van der Waals surface area (Å²) < 4.78 is 0.696. The third-order valence-electron chi connectivity index (χ3n) is 2.94. The van der Waals surface area contributed by atoms with Crippen LogP contribution in [-0.4, -0.2) is 14.7 Å². The van der Waals surface area contributed by atoms with E-state index in [0.717, 1.165) is 22.5 Å². The Hall–Kier alpha value is 1.04. The molecule has 0 spiro atoms. The maximum absolute atomic E-state index is 3.71. The van der Waals surface area contributed by atoms with Gasteiger partial charge in [0.05, 0.1) is 9.42 Å². The predicted molar refractivity (Wildman–Crippen MR) is 63.7 cm³/mol. The van der Waals surface area contributed by atoms with Crippen molar-refractivity contribution in [2.24, 2.45) is 11.8 Å². The first kappa shape index (κ1) is 9.59. The van der Waals surface area contributed by atoms with Crippen LogP contribution in [0.15, 0.2) is 0 Å². The summed E-state index contributed by atoms with van der Waals surface area (Å²) in [5, 5.41) is 5.35. The van der Waals surface area contributed by atoms with E-state index in [-0.39, 0.29) is 0 Å². The molecule has 2 saturated heterocycles. The Kier molecular flexibility index (Phi) is 2.92. The van der Waals surface area contributed by atoms with E-state index in [4.69, 9.17) is 0 Å². The second kappa shape index (κ2) is 3.65. The summed E-state index contributed by atoms with van der Waals surface area (Å²) in [7, 11) is 0. The van der Waals surface area contributed by atoms with E-state index >= 15 is 0 Å². The molecule has 0 aromatic rings. The van der Waals surface area contributed by atoms with Crippen molar-refractivity contribution in [1.29, 1.82) is 0 Å². The van der Waals surface area contributed by atoms with E-state index in [0.29, 0.717) is 4.05 Å². The summed E-state index contributed by atoms with van der Waals surface area (Å²) in [6.45, 7) is 4.73. The van der Waals surface area contributed by atoms with E-state index in [2.05, 4.69) is 53.5 Å². The van der Waals surface area contributed by atoms with Gasteiger partial charge in [0.1, 0.15) is 0 Å². The first-order chi connectivity index (χ1) is 5.66. The lowest BCUT2D eigenvalue weighted by Crippen LogP contribution is -2.44. The highest BCUT2D eigenvalue weighted by Crippen LogP contribution is 2.44. The number of rotatable bonds is 0. The Morgan fingerprint density at radius 3 is 2.83 bits per heavy atom. The number of piperidine rings is 1. The second-order valence-corrected chi connectivity index (χ2v) is 7.07. The summed E-state index contributed by atoms with van der Waals surface area (Å²) in [5.74, 6) is 1.81. The van der Waals surface area contributed by atoms with Gasteiger partial charge in [-0.15, -0.1) is 11.8 Å². The van der Waals surface area contributed by atoms with E-state index in [9.17, 15) is 0 Å². The summed E-state index contributed by atoms with van der Waals surface area (Å²) in [6, 6.07) is 0. The number of fused-ring (bicyclic) bond motifs is 1. The van der Waals surface area contributed by atoms with Crippen LogP contribution in [0.3, 0.4) is 0 Å². The molecule has 2 aliphatic rings. The molecule has 70 valence electrons. The van der Waals surface area contributed by atoms with Gasteiger partial charge < -0.3 is 0 Å². The van der Waals surface area contributed by atoms with Gasteiger partial charge in [-0.25, -0.2) is 0 Å². The fourth-order valence-corrected chi connectivity index (χ4v) is 4.73. The lowest BCUT2D eigenvalue weighted by atomic mass is 9.89. The first-order valence-corrected chi connectivity index (χ1v) is 6.91. The number of halogens is 1. The second-order valence-electron chi connectivity index (χ2n) is 4.14. The fraction of sp³-hybridized carbons (Fsp3) is 1.00. The summed E-state index contributed by atoms with van der Waals surface area (Å²) >= 11 is 4.68. The van der Waals surface area contributed by atoms with Crippen LogP contribution in [0.4, 0.5) is 0 Å². The molecule has 12 heavy (non-hydrogen) atoms. The minimum atomic E-state index is 0.696. The van der Waals surface area contributed by atoms with Crippen LogP contribution in [0.2, 0.25) is 0 Å². The molecule has 0 bridgehead atoms. The van der Waals surface area contributed by atoms with Crippen molar-refractivity contribution in [2.75, 3.05) is 0 Å². The predicted octanol–water partition coefficient (Wildman–Crippen LogP) is 2.84. The Morgan fingerprint density at radius 2 is 2.08 bits per heavy atom. The van der Waals surface area contributed by atoms with Gasteiger partial charge in [-0.3, -0.25) is 5.32 Å². The number of alkyl halides is 1. The molecule has 0 amide bonds. The molecule has 1 nitrogen and oxygen atoms in total. The van der Waals surface area contributed by atoms with Gasteiger partial charge in [0.2, 0.25) is 0 Å². The SMILES string of the molecule is CC1CC2CC(C)C(I)NC2S1. The molecule has 1 N–H and O–H groups in total. The Labute approximate surface area is 92.6 Å². The standard InChI is InChI=1S/C9H16INS/c1-5-3-7-4-6(2)12-9(7)11-8(5)10/h5-9,11H,3-4H2,1-2H3. The van der Waals surface area contributed by atoms with Crippen molar-refractivity contribution in [2.45, 2.75) is 41.4 Å². The zero-order valence-corrected chi connectivity index (χ0v) is 10.6. The number of thioether (sulfide) groups is 1. The molecule has 0 aromatic heterocycles. The van der Waals surface area contributed by atoms with Gasteiger partial charge in [0.25, 0.3) is 0 Å². The zero-order chi connectivity index (χ0) is 8.72. The van der Waals surface area contributed by atoms with Crippen LogP contribution in [0.25, 0.3) is 0 Å². The Bertz CT molecular complexity index is 158. The van der Waals surface area contributed by atoms with E-state index in [1.165, 1.54) is 12.8 Å². The molecule has 2 heterocycles. The third-order valence-corrected chi connectivity index (χ3v) is 6.00. The monoisotopic (exact) mass is 297 g/mol. The quantitative estimate of drug-likeness (QED) is 0.419. The number of hydrogen-bond acceptors (Lipinski definition) is 2. The Balaban J connectivity index is 2.01. The normalized spacial score (nSPS) is 53.8. The van der Waals surface area contributed by atoms with Crippen molar-refractivity contribution < 1.29 is 0 Å². The molecule has 2 rings (SSSR count). The van der Waals surface area contributed by atoms with Crippen molar-refractivity contribution >= 4 is 34.4 Å². The Morgan fingerprint density at radius 1 is 1.33 bits per heavy atom. The average molecular weight is 297 g/mol. The fourth-order valence-electron chi connectivity index (χ4n) is 2.28. The number of nitrogens with one attached hydrogen (secondary N) is 1. The summed E-state index contributed by atoms with van der Waals surface area (Å²) in [6.07, 6.45) is 2.86. The topological polar surface area (TPSA) is 12.0 Å². The zero-order valence-electron chi connectivity index (χ0n) is 7.59. The lowest BCUT2D eigenvalue weighted by Gasteiger charge is -2.34. The molecule has 2 aliphatic heterocycles. The maximum atomic E-state index is 3.71. The van der Waals surface area contributed by atoms with E-state index < -0.39 is 0 Å². The van der Waals surface area contributed by atoms with Gasteiger partial charge in [0.15, 0.2) is 0 Å².